The molecule has 9 nitrogen and oxygen atoms in total. The fraction of sp³-hybridized carbons (Fsp3) is 0.318. The number of anilines is 1. The molecule has 0 bridgehead atoms. The number of fused-ring (bicyclic) bond motifs is 1. The summed E-state index contributed by atoms with van der Waals surface area (Å²) in [5.74, 6) is -0.499. The lowest BCUT2D eigenvalue weighted by Gasteiger charge is -2.08. The van der Waals surface area contributed by atoms with Crippen molar-refractivity contribution < 1.29 is 4.79 Å². The highest BCUT2D eigenvalue weighted by Crippen LogP contribution is 2.25. The van der Waals surface area contributed by atoms with Crippen molar-refractivity contribution in [1.82, 2.24) is 23.7 Å². The number of nitrogens with zero attached hydrogens (tertiary/aromatic N) is 5. The number of aryl methyl sites for hydroxylation is 3. The Hall–Kier alpha value is -3.53. The van der Waals surface area contributed by atoms with Gasteiger partial charge in [0.05, 0.1) is 12.0 Å². The van der Waals surface area contributed by atoms with E-state index in [4.69, 9.17) is 0 Å². The highest BCUT2D eigenvalue weighted by molar-refractivity contribution is 7.14. The van der Waals surface area contributed by atoms with Gasteiger partial charge in [-0.25, -0.2) is 19.3 Å². The van der Waals surface area contributed by atoms with Crippen LogP contribution in [0.4, 0.5) is 5.13 Å². The van der Waals surface area contributed by atoms with Gasteiger partial charge in [0.2, 0.25) is 5.91 Å². The van der Waals surface area contributed by atoms with Crippen LogP contribution >= 0.6 is 11.3 Å². The zero-order valence-corrected chi connectivity index (χ0v) is 19.0. The molecule has 4 rings (SSSR count). The second-order valence-corrected chi connectivity index (χ2v) is 8.51. The lowest BCUT2D eigenvalue weighted by molar-refractivity contribution is -0.116. The number of rotatable bonds is 7. The van der Waals surface area contributed by atoms with Crippen LogP contribution in [0.15, 0.2) is 45.6 Å². The first-order valence-electron chi connectivity index (χ1n) is 10.3. The second kappa shape index (κ2) is 8.91. The van der Waals surface area contributed by atoms with Gasteiger partial charge in [-0.2, -0.15) is 0 Å². The van der Waals surface area contributed by atoms with Crippen LogP contribution in [0, 0.1) is 0 Å². The van der Waals surface area contributed by atoms with E-state index in [1.54, 1.807) is 7.05 Å². The Morgan fingerprint density at radius 2 is 1.91 bits per heavy atom. The van der Waals surface area contributed by atoms with Gasteiger partial charge in [0, 0.05) is 25.0 Å². The van der Waals surface area contributed by atoms with Crippen LogP contribution in [0.5, 0.6) is 0 Å². The smallest absolute Gasteiger partial charge is 0.328 e. The SMILES string of the molecule is CCCCc1ccc(-c2csc(NC(=O)Cn3c(=O)c4c(ncn4C)n(C)c3=O)n2)cc1. The molecule has 32 heavy (non-hydrogen) atoms. The van der Waals surface area contributed by atoms with Crippen LogP contribution in [-0.4, -0.2) is 29.6 Å². The number of benzene rings is 1. The van der Waals surface area contributed by atoms with Gasteiger partial charge in [0.1, 0.15) is 6.54 Å². The Balaban J connectivity index is 1.50. The van der Waals surface area contributed by atoms with E-state index < -0.39 is 23.7 Å². The lowest BCUT2D eigenvalue weighted by Crippen LogP contribution is -2.42. The van der Waals surface area contributed by atoms with Crippen LogP contribution in [0.25, 0.3) is 22.4 Å². The summed E-state index contributed by atoms with van der Waals surface area (Å²) in [5.41, 5.74) is 2.41. The molecular formula is C22H24N6O3S. The molecule has 3 aromatic heterocycles. The van der Waals surface area contributed by atoms with Crippen LogP contribution in [0.3, 0.4) is 0 Å². The molecule has 1 aromatic carbocycles. The molecule has 10 heteroatoms. The maximum atomic E-state index is 12.7. The number of hydrogen-bond donors (Lipinski definition) is 1. The van der Waals surface area contributed by atoms with Crippen molar-refractivity contribution in [2.24, 2.45) is 14.1 Å². The zero-order chi connectivity index (χ0) is 22.8. The summed E-state index contributed by atoms with van der Waals surface area (Å²) in [5, 5.41) is 4.96. The highest BCUT2D eigenvalue weighted by Gasteiger charge is 2.17. The number of unbranched alkanes of at least 4 members (excludes halogenated alkanes) is 1. The van der Waals surface area contributed by atoms with Gasteiger partial charge in [-0.15, -0.1) is 11.3 Å². The Kier molecular flexibility index (Phi) is 6.04. The molecule has 4 aromatic rings. The molecule has 0 aliphatic heterocycles. The van der Waals surface area contributed by atoms with E-state index >= 15 is 0 Å². The number of imidazole rings is 1. The molecule has 3 heterocycles. The number of carbonyl (C=O) groups excluding carboxylic acids is 1. The summed E-state index contributed by atoms with van der Waals surface area (Å²) in [6.07, 6.45) is 4.83. The normalized spacial score (nSPS) is 11.2. The largest absolute Gasteiger partial charge is 0.332 e. The third-order valence-corrected chi connectivity index (χ3v) is 6.08. The fourth-order valence-electron chi connectivity index (χ4n) is 3.52. The van der Waals surface area contributed by atoms with E-state index in [9.17, 15) is 14.4 Å². The van der Waals surface area contributed by atoms with E-state index in [2.05, 4.69) is 34.3 Å². The predicted molar refractivity (Wildman–Crippen MR) is 125 cm³/mol. The van der Waals surface area contributed by atoms with Crippen molar-refractivity contribution in [3.63, 3.8) is 0 Å². The summed E-state index contributed by atoms with van der Waals surface area (Å²) >= 11 is 1.29. The average Bonchev–Trinajstić information content (AvgIpc) is 3.41. The van der Waals surface area contributed by atoms with Crippen molar-refractivity contribution in [1.29, 1.82) is 0 Å². The molecule has 0 radical (unpaired) electrons. The minimum Gasteiger partial charge on any atom is -0.328 e. The molecule has 0 aliphatic rings. The molecule has 0 saturated carbocycles. The van der Waals surface area contributed by atoms with E-state index in [1.807, 2.05) is 17.5 Å². The molecule has 1 N–H and O–H groups in total. The Bertz CT molecular complexity index is 1390. The standard InChI is InChI=1S/C22H24N6O3S/c1-4-5-6-14-7-9-15(10-8-14)16-12-32-21(24-16)25-17(29)11-28-20(30)18-19(23-13-26(18)2)27(3)22(28)31/h7-10,12-13H,4-6,11H2,1-3H3,(H,24,25,29). The van der Waals surface area contributed by atoms with Gasteiger partial charge in [0.15, 0.2) is 16.3 Å². The van der Waals surface area contributed by atoms with Gasteiger partial charge in [0.25, 0.3) is 5.56 Å². The average molecular weight is 453 g/mol. The third kappa shape index (κ3) is 4.13. The van der Waals surface area contributed by atoms with Crippen LogP contribution in [-0.2, 0) is 31.9 Å². The molecule has 0 fully saturated rings. The molecule has 0 spiro atoms. The number of carbonyl (C=O) groups is 1. The van der Waals surface area contributed by atoms with Crippen LogP contribution < -0.4 is 16.6 Å². The fourth-order valence-corrected chi connectivity index (χ4v) is 4.26. The van der Waals surface area contributed by atoms with Crippen molar-refractivity contribution in [2.45, 2.75) is 32.7 Å². The quantitative estimate of drug-likeness (QED) is 0.464. The Labute approximate surface area is 188 Å². The van der Waals surface area contributed by atoms with Gasteiger partial charge in [-0.1, -0.05) is 37.6 Å². The summed E-state index contributed by atoms with van der Waals surface area (Å²) in [6, 6.07) is 8.24. The number of amides is 1. The molecule has 0 saturated heterocycles. The monoisotopic (exact) mass is 452 g/mol. The zero-order valence-electron chi connectivity index (χ0n) is 18.2. The van der Waals surface area contributed by atoms with Crippen molar-refractivity contribution in [3.05, 3.63) is 62.4 Å². The van der Waals surface area contributed by atoms with E-state index in [-0.39, 0.29) is 11.2 Å². The maximum Gasteiger partial charge on any atom is 0.332 e. The Morgan fingerprint density at radius 3 is 2.62 bits per heavy atom. The van der Waals surface area contributed by atoms with Gasteiger partial charge in [-0.05, 0) is 18.4 Å². The summed E-state index contributed by atoms with van der Waals surface area (Å²) in [4.78, 5) is 46.4. The summed E-state index contributed by atoms with van der Waals surface area (Å²) in [6.45, 7) is 1.76. The van der Waals surface area contributed by atoms with Gasteiger partial charge in [-0.3, -0.25) is 14.2 Å². The minimum atomic E-state index is -0.598. The molecular weight excluding hydrogens is 428 g/mol. The molecule has 0 unspecified atom stereocenters. The van der Waals surface area contributed by atoms with Gasteiger partial charge >= 0.3 is 5.69 Å². The van der Waals surface area contributed by atoms with Crippen molar-refractivity contribution in [3.8, 4) is 11.3 Å². The molecule has 166 valence electrons. The first kappa shape index (κ1) is 21.7. The highest BCUT2D eigenvalue weighted by atomic mass is 32.1. The number of aromatic nitrogens is 5. The van der Waals surface area contributed by atoms with Crippen LogP contribution in [0.1, 0.15) is 25.3 Å². The van der Waals surface area contributed by atoms with Crippen LogP contribution in [0.2, 0.25) is 0 Å². The van der Waals surface area contributed by atoms with Crippen molar-refractivity contribution in [2.75, 3.05) is 5.32 Å². The molecule has 0 atom stereocenters. The van der Waals surface area contributed by atoms with E-state index in [0.29, 0.717) is 5.13 Å². The molecule has 1 amide bonds. The third-order valence-electron chi connectivity index (χ3n) is 5.32. The minimum absolute atomic E-state index is 0.263. The van der Waals surface area contributed by atoms with Gasteiger partial charge < -0.3 is 9.88 Å². The summed E-state index contributed by atoms with van der Waals surface area (Å²) < 4.78 is 3.70. The number of thiazole rings is 1. The predicted octanol–water partition coefficient (Wildman–Crippen LogP) is 2.54. The first-order valence-corrected chi connectivity index (χ1v) is 11.2. The lowest BCUT2D eigenvalue weighted by atomic mass is 10.1. The summed E-state index contributed by atoms with van der Waals surface area (Å²) in [7, 11) is 3.19. The Morgan fingerprint density at radius 1 is 1.16 bits per heavy atom. The first-order chi connectivity index (χ1) is 15.4. The second-order valence-electron chi connectivity index (χ2n) is 7.65. The number of hydrogen-bond acceptors (Lipinski definition) is 6. The topological polar surface area (TPSA) is 104 Å². The van der Waals surface area contributed by atoms with E-state index in [0.717, 1.165) is 35.1 Å². The number of nitrogens with one attached hydrogen (secondary N) is 1. The molecule has 0 aliphatic carbocycles. The van der Waals surface area contributed by atoms with Crippen molar-refractivity contribution >= 4 is 33.5 Å². The maximum absolute atomic E-state index is 12.7. The van der Waals surface area contributed by atoms with E-state index in [1.165, 1.54) is 39.4 Å².